The summed E-state index contributed by atoms with van der Waals surface area (Å²) in [4.78, 5) is 22.9. The highest BCUT2D eigenvalue weighted by molar-refractivity contribution is 7.13. The van der Waals surface area contributed by atoms with E-state index in [1.54, 1.807) is 28.2 Å². The number of benzene rings is 1. The molecular weight excluding hydrogens is 453 g/mol. The normalized spacial score (nSPS) is 15.0. The van der Waals surface area contributed by atoms with E-state index in [2.05, 4.69) is 15.0 Å². The van der Waals surface area contributed by atoms with Gasteiger partial charge in [0.15, 0.2) is 5.65 Å². The predicted molar refractivity (Wildman–Crippen MR) is 124 cm³/mol. The molecule has 1 fully saturated rings. The second kappa shape index (κ2) is 8.59. The van der Waals surface area contributed by atoms with Gasteiger partial charge in [-0.15, -0.1) is 11.3 Å². The van der Waals surface area contributed by atoms with Crippen molar-refractivity contribution in [3.8, 4) is 10.6 Å². The number of carbonyl (C=O) groups is 1. The number of carbonyl (C=O) groups excluding carboxylic acids is 1. The van der Waals surface area contributed by atoms with Crippen molar-refractivity contribution in [1.29, 1.82) is 0 Å². The first-order valence-electron chi connectivity index (χ1n) is 9.93. The number of piperazine rings is 1. The highest BCUT2D eigenvalue weighted by atomic mass is 35.5. The lowest BCUT2D eigenvalue weighted by Crippen LogP contribution is -2.48. The summed E-state index contributed by atoms with van der Waals surface area (Å²) in [6.07, 6.45) is 3.35. The van der Waals surface area contributed by atoms with Crippen LogP contribution < -0.4 is 0 Å². The monoisotopic (exact) mass is 471 g/mol. The lowest BCUT2D eigenvalue weighted by molar-refractivity contribution is 0.0630. The zero-order chi connectivity index (χ0) is 21.4. The fraction of sp³-hybridized carbons (Fsp3) is 0.227. The number of fused-ring (bicyclic) bond motifs is 1. The molecule has 0 aliphatic carbocycles. The summed E-state index contributed by atoms with van der Waals surface area (Å²) in [5, 5.41) is 7.82. The molecule has 0 atom stereocenters. The molecule has 0 N–H and O–H groups in total. The minimum atomic E-state index is -0.0405. The van der Waals surface area contributed by atoms with E-state index in [1.165, 1.54) is 0 Å². The van der Waals surface area contributed by atoms with Gasteiger partial charge in [0.05, 0.1) is 16.8 Å². The maximum Gasteiger partial charge on any atom is 0.259 e. The van der Waals surface area contributed by atoms with Crippen molar-refractivity contribution in [3.63, 3.8) is 0 Å². The van der Waals surface area contributed by atoms with Crippen molar-refractivity contribution >= 4 is 46.1 Å². The van der Waals surface area contributed by atoms with Crippen molar-refractivity contribution in [1.82, 2.24) is 24.4 Å². The Labute approximate surface area is 193 Å². The molecule has 1 saturated heterocycles. The van der Waals surface area contributed by atoms with E-state index in [9.17, 15) is 4.79 Å². The summed E-state index contributed by atoms with van der Waals surface area (Å²) in [6.45, 7) is 3.43. The second-order valence-corrected chi connectivity index (χ2v) is 9.13. The zero-order valence-corrected chi connectivity index (χ0v) is 18.9. The molecule has 0 bridgehead atoms. The van der Waals surface area contributed by atoms with Gasteiger partial charge in [0.2, 0.25) is 0 Å². The topological polar surface area (TPSA) is 53.7 Å². The van der Waals surface area contributed by atoms with E-state index in [4.69, 9.17) is 23.2 Å². The quantitative estimate of drug-likeness (QED) is 0.431. The largest absolute Gasteiger partial charge is 0.336 e. The van der Waals surface area contributed by atoms with Gasteiger partial charge in [-0.1, -0.05) is 35.3 Å². The van der Waals surface area contributed by atoms with E-state index < -0.39 is 0 Å². The lowest BCUT2D eigenvalue weighted by Gasteiger charge is -2.34. The first-order valence-corrected chi connectivity index (χ1v) is 11.6. The number of halogens is 2. The van der Waals surface area contributed by atoms with Crippen LogP contribution in [0.15, 0.2) is 54.2 Å². The van der Waals surface area contributed by atoms with Gasteiger partial charge in [-0.2, -0.15) is 5.10 Å². The molecule has 6 nitrogen and oxygen atoms in total. The van der Waals surface area contributed by atoms with Crippen LogP contribution in [0.4, 0.5) is 0 Å². The maximum atomic E-state index is 13.2. The van der Waals surface area contributed by atoms with Crippen molar-refractivity contribution in [3.05, 3.63) is 75.3 Å². The first-order chi connectivity index (χ1) is 15.1. The van der Waals surface area contributed by atoms with E-state index in [0.29, 0.717) is 40.9 Å². The fourth-order valence-electron chi connectivity index (χ4n) is 3.84. The van der Waals surface area contributed by atoms with E-state index >= 15 is 0 Å². The predicted octanol–water partition coefficient (Wildman–Crippen LogP) is 4.72. The molecule has 0 unspecified atom stereocenters. The summed E-state index contributed by atoms with van der Waals surface area (Å²) in [6, 6.07) is 11.5. The van der Waals surface area contributed by atoms with Crippen LogP contribution in [0.5, 0.6) is 0 Å². The zero-order valence-electron chi connectivity index (χ0n) is 16.5. The van der Waals surface area contributed by atoms with Crippen LogP contribution in [0, 0.1) is 0 Å². The summed E-state index contributed by atoms with van der Waals surface area (Å²) < 4.78 is 1.74. The summed E-state index contributed by atoms with van der Waals surface area (Å²) >= 11 is 14.3. The average Bonchev–Trinajstić information content (AvgIpc) is 3.46. The average molecular weight is 472 g/mol. The van der Waals surface area contributed by atoms with Crippen LogP contribution in [0.1, 0.15) is 15.9 Å². The Bertz CT molecular complexity index is 1210. The number of thiophene rings is 1. The Morgan fingerprint density at radius 2 is 1.81 bits per heavy atom. The van der Waals surface area contributed by atoms with Gasteiger partial charge in [0, 0.05) is 54.5 Å². The molecule has 0 spiro atoms. The Morgan fingerprint density at radius 1 is 1.03 bits per heavy atom. The second-order valence-electron chi connectivity index (χ2n) is 7.37. The molecule has 3 aromatic heterocycles. The van der Waals surface area contributed by atoms with E-state index in [1.807, 2.05) is 46.7 Å². The molecule has 9 heteroatoms. The van der Waals surface area contributed by atoms with Crippen LogP contribution in [-0.2, 0) is 6.54 Å². The molecule has 1 aromatic carbocycles. The number of rotatable bonds is 4. The third-order valence-electron chi connectivity index (χ3n) is 5.51. The molecular formula is C22H19Cl2N5OS. The standard InChI is InChI=1S/C22H19Cl2N5OS/c23-17-3-1-4-18(24)16(17)14-27-8-10-28(11-9-27)22(30)15-13-26-29-19(6-7-25-21(15)29)20-5-2-12-31-20/h1-7,12-13H,8-11,14H2. The van der Waals surface area contributed by atoms with Crippen molar-refractivity contribution in [2.24, 2.45) is 0 Å². The van der Waals surface area contributed by atoms with E-state index in [-0.39, 0.29) is 5.91 Å². The summed E-state index contributed by atoms with van der Waals surface area (Å²) in [7, 11) is 0. The summed E-state index contributed by atoms with van der Waals surface area (Å²) in [5.74, 6) is -0.0405. The van der Waals surface area contributed by atoms with Gasteiger partial charge >= 0.3 is 0 Å². The van der Waals surface area contributed by atoms with Gasteiger partial charge in [-0.05, 0) is 29.6 Å². The van der Waals surface area contributed by atoms with Gasteiger partial charge in [-0.25, -0.2) is 9.50 Å². The molecule has 0 saturated carbocycles. The SMILES string of the molecule is O=C(c1cnn2c(-c3cccs3)ccnc12)N1CCN(Cc2c(Cl)cccc2Cl)CC1. The molecule has 5 rings (SSSR count). The van der Waals surface area contributed by atoms with Crippen LogP contribution in [0.2, 0.25) is 10.0 Å². The van der Waals surface area contributed by atoms with Gasteiger partial charge in [0.1, 0.15) is 5.56 Å². The Kier molecular flexibility index (Phi) is 5.67. The van der Waals surface area contributed by atoms with Crippen LogP contribution in [0.3, 0.4) is 0 Å². The van der Waals surface area contributed by atoms with Crippen molar-refractivity contribution in [2.75, 3.05) is 26.2 Å². The van der Waals surface area contributed by atoms with Crippen LogP contribution in [-0.4, -0.2) is 56.5 Å². The molecule has 158 valence electrons. The highest BCUT2D eigenvalue weighted by Crippen LogP contribution is 2.27. The molecule has 1 amide bonds. The lowest BCUT2D eigenvalue weighted by atomic mass is 10.2. The summed E-state index contributed by atoms with van der Waals surface area (Å²) in [5.41, 5.74) is 2.97. The number of aromatic nitrogens is 3. The van der Waals surface area contributed by atoms with E-state index in [0.717, 1.165) is 29.2 Å². The molecule has 1 aliphatic heterocycles. The van der Waals surface area contributed by atoms with Crippen LogP contribution in [0.25, 0.3) is 16.2 Å². The molecule has 4 heterocycles. The minimum absolute atomic E-state index is 0.0405. The number of hydrogen-bond donors (Lipinski definition) is 0. The molecule has 4 aromatic rings. The molecule has 31 heavy (non-hydrogen) atoms. The first kappa shape index (κ1) is 20.5. The third-order valence-corrected chi connectivity index (χ3v) is 7.11. The smallest absolute Gasteiger partial charge is 0.259 e. The number of hydrogen-bond acceptors (Lipinski definition) is 5. The molecule has 1 aliphatic rings. The highest BCUT2D eigenvalue weighted by Gasteiger charge is 2.26. The van der Waals surface area contributed by atoms with Gasteiger partial charge in [0.25, 0.3) is 5.91 Å². The fourth-order valence-corrected chi connectivity index (χ4v) is 5.09. The Morgan fingerprint density at radius 3 is 2.52 bits per heavy atom. The molecule has 0 radical (unpaired) electrons. The Balaban J connectivity index is 1.31. The number of amides is 1. The van der Waals surface area contributed by atoms with Crippen molar-refractivity contribution in [2.45, 2.75) is 6.54 Å². The number of nitrogens with zero attached hydrogens (tertiary/aromatic N) is 5. The maximum absolute atomic E-state index is 13.2. The van der Waals surface area contributed by atoms with Crippen LogP contribution >= 0.6 is 34.5 Å². The Hall–Kier alpha value is -2.45. The minimum Gasteiger partial charge on any atom is -0.336 e. The van der Waals surface area contributed by atoms with Gasteiger partial charge in [-0.3, -0.25) is 9.69 Å². The third kappa shape index (κ3) is 3.94. The van der Waals surface area contributed by atoms with Gasteiger partial charge < -0.3 is 4.90 Å². The van der Waals surface area contributed by atoms with Crippen molar-refractivity contribution < 1.29 is 4.79 Å².